The van der Waals surface area contributed by atoms with Gasteiger partial charge in [0.1, 0.15) is 0 Å². The van der Waals surface area contributed by atoms with E-state index in [0.717, 1.165) is 0 Å². The molecule has 0 aromatic carbocycles. The summed E-state index contributed by atoms with van der Waals surface area (Å²) in [6.07, 6.45) is -7.28. The van der Waals surface area contributed by atoms with Crippen LogP contribution in [0.1, 0.15) is 6.42 Å². The van der Waals surface area contributed by atoms with E-state index in [9.17, 15) is 35.5 Å². The van der Waals surface area contributed by atoms with Crippen LogP contribution in [0.25, 0.3) is 0 Å². The van der Waals surface area contributed by atoms with Gasteiger partial charge < -0.3 is 5.11 Å². The summed E-state index contributed by atoms with van der Waals surface area (Å²) in [5.74, 6) is -17.7. The van der Waals surface area contributed by atoms with Crippen LogP contribution in [0.3, 0.4) is 0 Å². The summed E-state index contributed by atoms with van der Waals surface area (Å²) in [5, 5.41) is 8.20. The van der Waals surface area contributed by atoms with Gasteiger partial charge in [-0.05, 0) is 6.42 Å². The first kappa shape index (κ1) is 13.0. The van der Waals surface area contributed by atoms with Gasteiger partial charge in [-0.2, -0.15) is 30.7 Å². The molecule has 1 fully saturated rings. The number of carboxylic acids is 1. The van der Waals surface area contributed by atoms with Crippen LogP contribution in [0.15, 0.2) is 0 Å². The van der Waals surface area contributed by atoms with E-state index in [4.69, 9.17) is 5.11 Å². The molecule has 1 rings (SSSR count). The Kier molecular flexibility index (Phi) is 2.64. The fraction of sp³-hybridized carbons (Fsp3) is 0.857. The molecule has 0 aromatic heterocycles. The summed E-state index contributed by atoms with van der Waals surface area (Å²) >= 11 is 0. The highest BCUT2D eigenvalue weighted by Gasteiger charge is 2.79. The molecule has 9 heteroatoms. The van der Waals surface area contributed by atoms with Crippen LogP contribution >= 0.6 is 0 Å². The SMILES string of the molecule is O=C(O)C1CC1C(F)(F)C(F)(F)C(F)(F)F. The highest BCUT2D eigenvalue weighted by molar-refractivity contribution is 5.73. The third kappa shape index (κ3) is 1.71. The molecule has 1 aliphatic rings. The predicted octanol–water partition coefficient (Wildman–Crippen LogP) is 2.54. The number of aliphatic carboxylic acids is 1. The van der Waals surface area contributed by atoms with Crippen molar-refractivity contribution in [2.45, 2.75) is 24.4 Å². The Bertz CT molecular complexity index is 308. The first-order valence-corrected chi connectivity index (χ1v) is 3.98. The molecule has 2 nitrogen and oxygen atoms in total. The number of alkyl halides is 7. The van der Waals surface area contributed by atoms with Gasteiger partial charge in [0.25, 0.3) is 0 Å². The zero-order chi connectivity index (χ0) is 12.9. The van der Waals surface area contributed by atoms with E-state index in [1.807, 2.05) is 0 Å². The predicted molar refractivity (Wildman–Crippen MR) is 35.2 cm³/mol. The highest BCUT2D eigenvalue weighted by Crippen LogP contribution is 2.59. The Morgan fingerprint density at radius 2 is 1.50 bits per heavy atom. The van der Waals surface area contributed by atoms with Crippen molar-refractivity contribution in [2.75, 3.05) is 0 Å². The molecular formula is C7H5F7O2. The molecule has 0 aliphatic heterocycles. The summed E-state index contributed by atoms with van der Waals surface area (Å²) in [6, 6.07) is 0. The second-order valence-electron chi connectivity index (χ2n) is 3.48. The minimum absolute atomic E-state index is 0.881. The smallest absolute Gasteiger partial charge is 0.459 e. The fourth-order valence-corrected chi connectivity index (χ4v) is 1.29. The second-order valence-corrected chi connectivity index (χ2v) is 3.48. The van der Waals surface area contributed by atoms with Crippen LogP contribution in [0.4, 0.5) is 30.7 Å². The van der Waals surface area contributed by atoms with Gasteiger partial charge >= 0.3 is 24.0 Å². The van der Waals surface area contributed by atoms with Crippen molar-refractivity contribution in [3.63, 3.8) is 0 Å². The maximum atomic E-state index is 12.8. The quantitative estimate of drug-likeness (QED) is 0.786. The molecule has 2 atom stereocenters. The number of halogens is 7. The topological polar surface area (TPSA) is 37.3 Å². The van der Waals surface area contributed by atoms with E-state index in [2.05, 4.69) is 0 Å². The van der Waals surface area contributed by atoms with Gasteiger partial charge in [0.05, 0.1) is 5.92 Å². The number of carbonyl (C=O) groups is 1. The standard InChI is InChI=1S/C7H5F7O2/c8-5(9,3-1-2(3)4(15)16)6(10,11)7(12,13)14/h2-3H,1H2,(H,15,16). The maximum absolute atomic E-state index is 12.8. The molecule has 16 heavy (non-hydrogen) atoms. The monoisotopic (exact) mass is 254 g/mol. The largest absolute Gasteiger partial charge is 0.481 e. The van der Waals surface area contributed by atoms with Crippen LogP contribution in [0.5, 0.6) is 0 Å². The fourth-order valence-electron chi connectivity index (χ4n) is 1.29. The summed E-state index contributed by atoms with van der Waals surface area (Å²) in [7, 11) is 0. The summed E-state index contributed by atoms with van der Waals surface area (Å²) in [6.45, 7) is 0. The van der Waals surface area contributed by atoms with Crippen molar-refractivity contribution in [3.8, 4) is 0 Å². The molecule has 94 valence electrons. The third-order valence-corrected chi connectivity index (χ3v) is 2.35. The van der Waals surface area contributed by atoms with E-state index in [1.165, 1.54) is 0 Å². The van der Waals surface area contributed by atoms with Crippen molar-refractivity contribution in [2.24, 2.45) is 11.8 Å². The van der Waals surface area contributed by atoms with Crippen molar-refractivity contribution in [1.29, 1.82) is 0 Å². The average Bonchev–Trinajstić information content (AvgIpc) is 2.79. The number of carboxylic acid groups (broad SMARTS) is 1. The summed E-state index contributed by atoms with van der Waals surface area (Å²) < 4.78 is 85.3. The Hall–Kier alpha value is -1.02. The van der Waals surface area contributed by atoms with Crippen molar-refractivity contribution < 1.29 is 40.6 Å². The van der Waals surface area contributed by atoms with E-state index in [1.54, 1.807) is 0 Å². The van der Waals surface area contributed by atoms with Gasteiger partial charge in [-0.25, -0.2) is 0 Å². The van der Waals surface area contributed by atoms with Gasteiger partial charge in [0.2, 0.25) is 0 Å². The van der Waals surface area contributed by atoms with E-state index >= 15 is 0 Å². The maximum Gasteiger partial charge on any atom is 0.459 e. The molecule has 1 aliphatic carbocycles. The lowest BCUT2D eigenvalue weighted by Crippen LogP contribution is -2.53. The van der Waals surface area contributed by atoms with Gasteiger partial charge in [-0.15, -0.1) is 0 Å². The number of hydrogen-bond donors (Lipinski definition) is 1. The Morgan fingerprint density at radius 3 is 1.75 bits per heavy atom. The molecule has 0 amide bonds. The molecule has 0 heterocycles. The van der Waals surface area contributed by atoms with Crippen LogP contribution in [-0.2, 0) is 4.79 Å². The lowest BCUT2D eigenvalue weighted by molar-refractivity contribution is -0.360. The number of rotatable bonds is 3. The zero-order valence-electron chi connectivity index (χ0n) is 7.36. The van der Waals surface area contributed by atoms with Gasteiger partial charge in [0.15, 0.2) is 0 Å². The lowest BCUT2D eigenvalue weighted by atomic mass is 10.0. The molecule has 2 unspecified atom stereocenters. The van der Waals surface area contributed by atoms with Crippen molar-refractivity contribution >= 4 is 5.97 Å². The van der Waals surface area contributed by atoms with E-state index in [-0.39, 0.29) is 0 Å². The first-order chi connectivity index (χ1) is 6.93. The Balaban J connectivity index is 2.91. The first-order valence-electron chi connectivity index (χ1n) is 3.98. The lowest BCUT2D eigenvalue weighted by Gasteiger charge is -2.28. The molecular weight excluding hydrogens is 249 g/mol. The van der Waals surface area contributed by atoms with Crippen LogP contribution in [0.2, 0.25) is 0 Å². The van der Waals surface area contributed by atoms with Gasteiger partial charge in [-0.1, -0.05) is 0 Å². The Labute approximate surface area is 84.0 Å². The summed E-state index contributed by atoms with van der Waals surface area (Å²) in [5.41, 5.74) is 0. The molecule has 0 spiro atoms. The van der Waals surface area contributed by atoms with Gasteiger partial charge in [-0.3, -0.25) is 4.79 Å². The minimum Gasteiger partial charge on any atom is -0.481 e. The highest BCUT2D eigenvalue weighted by atomic mass is 19.4. The van der Waals surface area contributed by atoms with E-state index in [0.29, 0.717) is 0 Å². The molecule has 0 bridgehead atoms. The van der Waals surface area contributed by atoms with Crippen molar-refractivity contribution in [1.82, 2.24) is 0 Å². The molecule has 0 aromatic rings. The molecule has 0 saturated heterocycles. The zero-order valence-corrected chi connectivity index (χ0v) is 7.36. The van der Waals surface area contributed by atoms with Crippen molar-refractivity contribution in [3.05, 3.63) is 0 Å². The van der Waals surface area contributed by atoms with Crippen LogP contribution in [-0.4, -0.2) is 29.1 Å². The molecule has 0 radical (unpaired) electrons. The molecule has 1 N–H and O–H groups in total. The van der Waals surface area contributed by atoms with Crippen LogP contribution in [0, 0.1) is 11.8 Å². The molecule has 1 saturated carbocycles. The second kappa shape index (κ2) is 3.24. The number of hydrogen-bond acceptors (Lipinski definition) is 1. The summed E-state index contributed by atoms with van der Waals surface area (Å²) in [4.78, 5) is 10.1. The van der Waals surface area contributed by atoms with Crippen LogP contribution < -0.4 is 0 Å². The minimum atomic E-state index is -6.40. The van der Waals surface area contributed by atoms with Gasteiger partial charge in [0, 0.05) is 5.92 Å². The third-order valence-electron chi connectivity index (χ3n) is 2.35. The average molecular weight is 254 g/mol. The Morgan fingerprint density at radius 1 is 1.06 bits per heavy atom. The van der Waals surface area contributed by atoms with E-state index < -0.39 is 42.2 Å². The normalized spacial score (nSPS) is 26.7.